The summed E-state index contributed by atoms with van der Waals surface area (Å²) in [6, 6.07) is 6.33. The van der Waals surface area contributed by atoms with E-state index in [0.29, 0.717) is 41.6 Å². The second kappa shape index (κ2) is 9.35. The van der Waals surface area contributed by atoms with Crippen LogP contribution in [0.1, 0.15) is 29.9 Å². The smallest absolute Gasteiger partial charge is 0.338 e. The van der Waals surface area contributed by atoms with Crippen LogP contribution in [0, 0.1) is 0 Å². The molecular formula is C23H27N3O6. The molecule has 0 unspecified atom stereocenters. The lowest BCUT2D eigenvalue weighted by Crippen LogP contribution is -2.48. The number of nitrogens with zero attached hydrogens (tertiary/aromatic N) is 1. The molecular weight excluding hydrogens is 414 g/mol. The molecule has 9 heteroatoms. The molecule has 3 heterocycles. The number of benzene rings is 1. The first-order valence-corrected chi connectivity index (χ1v) is 10.5. The molecule has 0 spiro atoms. The van der Waals surface area contributed by atoms with Crippen molar-refractivity contribution >= 4 is 12.0 Å². The van der Waals surface area contributed by atoms with Gasteiger partial charge in [-0.2, -0.15) is 0 Å². The van der Waals surface area contributed by atoms with Crippen molar-refractivity contribution in [1.29, 1.82) is 0 Å². The lowest BCUT2D eigenvalue weighted by molar-refractivity contribution is -0.139. The van der Waals surface area contributed by atoms with Gasteiger partial charge < -0.3 is 29.3 Å². The van der Waals surface area contributed by atoms with Crippen molar-refractivity contribution in [2.75, 3.05) is 33.9 Å². The number of amides is 2. The number of carbonyl (C=O) groups excluding carboxylic acids is 2. The first-order chi connectivity index (χ1) is 15.5. The van der Waals surface area contributed by atoms with E-state index in [-0.39, 0.29) is 6.61 Å². The van der Waals surface area contributed by atoms with Gasteiger partial charge in [-0.15, -0.1) is 0 Å². The molecule has 0 bridgehead atoms. The topological polar surface area (TPSA) is 102 Å². The van der Waals surface area contributed by atoms with Gasteiger partial charge in [0.1, 0.15) is 11.8 Å². The molecule has 32 heavy (non-hydrogen) atoms. The zero-order valence-corrected chi connectivity index (χ0v) is 18.4. The van der Waals surface area contributed by atoms with Crippen molar-refractivity contribution in [3.8, 4) is 11.5 Å². The van der Waals surface area contributed by atoms with Crippen molar-refractivity contribution < 1.29 is 28.2 Å². The Morgan fingerprint density at radius 1 is 1.22 bits per heavy atom. The van der Waals surface area contributed by atoms with Crippen LogP contribution in [0.25, 0.3) is 0 Å². The molecule has 0 saturated heterocycles. The highest BCUT2D eigenvalue weighted by Gasteiger charge is 2.36. The highest BCUT2D eigenvalue weighted by Crippen LogP contribution is 2.34. The van der Waals surface area contributed by atoms with E-state index in [1.54, 1.807) is 33.3 Å². The summed E-state index contributed by atoms with van der Waals surface area (Å²) in [6.07, 6.45) is 2.32. The Kier molecular flexibility index (Phi) is 6.36. The minimum Gasteiger partial charge on any atom is -0.493 e. The van der Waals surface area contributed by atoms with E-state index in [0.717, 1.165) is 18.5 Å². The highest BCUT2D eigenvalue weighted by molar-refractivity contribution is 5.95. The van der Waals surface area contributed by atoms with E-state index in [2.05, 4.69) is 15.5 Å². The van der Waals surface area contributed by atoms with Crippen molar-refractivity contribution in [2.24, 2.45) is 0 Å². The molecule has 0 aliphatic carbocycles. The van der Waals surface area contributed by atoms with E-state index in [1.165, 1.54) is 11.8 Å². The Balaban J connectivity index is 1.64. The molecule has 2 amide bonds. The third-order valence-corrected chi connectivity index (χ3v) is 5.66. The molecule has 1 atom stereocenters. The van der Waals surface area contributed by atoms with Crippen LogP contribution in [0.4, 0.5) is 4.79 Å². The van der Waals surface area contributed by atoms with Crippen LogP contribution in [-0.2, 0) is 22.5 Å². The van der Waals surface area contributed by atoms with Gasteiger partial charge in [-0.3, -0.25) is 4.90 Å². The number of carbonyl (C=O) groups is 2. The Labute approximate surface area is 186 Å². The fourth-order valence-corrected chi connectivity index (χ4v) is 4.16. The maximum Gasteiger partial charge on any atom is 0.338 e. The summed E-state index contributed by atoms with van der Waals surface area (Å²) in [6.45, 7) is 3.76. The zero-order chi connectivity index (χ0) is 22.7. The lowest BCUT2D eigenvalue weighted by Gasteiger charge is -2.33. The minimum absolute atomic E-state index is 0.229. The van der Waals surface area contributed by atoms with Crippen molar-refractivity contribution in [3.05, 3.63) is 58.7 Å². The van der Waals surface area contributed by atoms with Crippen LogP contribution in [0.2, 0.25) is 0 Å². The number of hydrogen-bond donors (Lipinski definition) is 2. The summed E-state index contributed by atoms with van der Waals surface area (Å²) < 4.78 is 21.6. The summed E-state index contributed by atoms with van der Waals surface area (Å²) in [4.78, 5) is 27.4. The van der Waals surface area contributed by atoms with Crippen LogP contribution < -0.4 is 20.1 Å². The van der Waals surface area contributed by atoms with Gasteiger partial charge in [-0.1, -0.05) is 0 Å². The molecule has 2 aliphatic rings. The molecule has 170 valence electrons. The first-order valence-electron chi connectivity index (χ1n) is 10.5. The number of urea groups is 1. The lowest BCUT2D eigenvalue weighted by atomic mass is 9.97. The van der Waals surface area contributed by atoms with Crippen LogP contribution in [-0.4, -0.2) is 50.8 Å². The van der Waals surface area contributed by atoms with Gasteiger partial charge in [0.05, 0.1) is 32.7 Å². The predicted molar refractivity (Wildman–Crippen MR) is 115 cm³/mol. The number of nitrogens with one attached hydrogen (secondary N) is 2. The number of hydrogen-bond acceptors (Lipinski definition) is 7. The summed E-state index contributed by atoms with van der Waals surface area (Å²) in [5.74, 6) is 1.37. The summed E-state index contributed by atoms with van der Waals surface area (Å²) in [5.41, 5.74) is 3.17. The Morgan fingerprint density at radius 3 is 2.62 bits per heavy atom. The number of esters is 1. The number of methoxy groups -OCH3 is 2. The summed E-state index contributed by atoms with van der Waals surface area (Å²) >= 11 is 0. The summed E-state index contributed by atoms with van der Waals surface area (Å²) in [7, 11) is 3.23. The van der Waals surface area contributed by atoms with Crippen molar-refractivity contribution in [3.63, 3.8) is 0 Å². The standard InChI is InChI=1S/C23H27N3O6/c1-4-31-22(27)20-16(24-23(28)25-21(20)17-6-5-9-32-17)13-26-8-7-14-10-18(29-2)19(30-3)11-15(14)12-26/h5-6,9-11,21H,4,7-8,12-13H2,1-3H3,(H2,24,25,28)/t21-/m1/s1. The molecule has 0 radical (unpaired) electrons. The van der Waals surface area contributed by atoms with Gasteiger partial charge in [-0.05, 0) is 48.7 Å². The third kappa shape index (κ3) is 4.29. The molecule has 2 aliphatic heterocycles. The quantitative estimate of drug-likeness (QED) is 0.637. The van der Waals surface area contributed by atoms with Crippen molar-refractivity contribution in [1.82, 2.24) is 15.5 Å². The van der Waals surface area contributed by atoms with E-state index in [4.69, 9.17) is 18.6 Å². The minimum atomic E-state index is -0.714. The van der Waals surface area contributed by atoms with E-state index in [1.807, 2.05) is 12.1 Å². The van der Waals surface area contributed by atoms with Crippen LogP contribution in [0.15, 0.2) is 46.2 Å². The molecule has 4 rings (SSSR count). The Hall–Kier alpha value is -3.46. The normalized spacial score (nSPS) is 18.5. The maximum absolute atomic E-state index is 12.9. The monoisotopic (exact) mass is 441 g/mol. The second-order valence-electron chi connectivity index (χ2n) is 7.60. The van der Waals surface area contributed by atoms with Gasteiger partial charge in [0.2, 0.25) is 0 Å². The number of rotatable bonds is 7. The van der Waals surface area contributed by atoms with E-state index in [9.17, 15) is 9.59 Å². The molecule has 1 aromatic heterocycles. The Bertz CT molecular complexity index is 1030. The largest absolute Gasteiger partial charge is 0.493 e. The first kappa shape index (κ1) is 21.8. The fourth-order valence-electron chi connectivity index (χ4n) is 4.16. The second-order valence-corrected chi connectivity index (χ2v) is 7.60. The fraction of sp³-hybridized carbons (Fsp3) is 0.391. The average Bonchev–Trinajstić information content (AvgIpc) is 3.32. The van der Waals surface area contributed by atoms with E-state index < -0.39 is 18.0 Å². The number of ether oxygens (including phenoxy) is 3. The van der Waals surface area contributed by atoms with Crippen molar-refractivity contribution in [2.45, 2.75) is 25.9 Å². The zero-order valence-electron chi connectivity index (χ0n) is 18.4. The number of furan rings is 1. The van der Waals surface area contributed by atoms with Gasteiger partial charge in [0, 0.05) is 25.3 Å². The van der Waals surface area contributed by atoms with Gasteiger partial charge >= 0.3 is 12.0 Å². The number of fused-ring (bicyclic) bond motifs is 1. The van der Waals surface area contributed by atoms with Crippen LogP contribution in [0.3, 0.4) is 0 Å². The van der Waals surface area contributed by atoms with Crippen LogP contribution in [0.5, 0.6) is 11.5 Å². The molecule has 9 nitrogen and oxygen atoms in total. The Morgan fingerprint density at radius 2 is 1.97 bits per heavy atom. The van der Waals surface area contributed by atoms with Crippen LogP contribution >= 0.6 is 0 Å². The van der Waals surface area contributed by atoms with Gasteiger partial charge in [0.15, 0.2) is 11.5 Å². The highest BCUT2D eigenvalue weighted by atomic mass is 16.5. The maximum atomic E-state index is 12.9. The molecule has 1 aromatic carbocycles. The molecule has 2 N–H and O–H groups in total. The molecule has 0 fully saturated rings. The predicted octanol–water partition coefficient (Wildman–Crippen LogP) is 2.53. The van der Waals surface area contributed by atoms with Gasteiger partial charge in [0.25, 0.3) is 0 Å². The summed E-state index contributed by atoms with van der Waals surface area (Å²) in [5, 5.41) is 5.58. The third-order valence-electron chi connectivity index (χ3n) is 5.66. The SMILES string of the molecule is CCOC(=O)C1=C(CN2CCc3cc(OC)c(OC)cc3C2)NC(=O)N[C@@H]1c1ccco1. The molecule has 0 saturated carbocycles. The van der Waals surface area contributed by atoms with Gasteiger partial charge in [-0.25, -0.2) is 9.59 Å². The average molecular weight is 441 g/mol. The molecule has 2 aromatic rings. The van der Waals surface area contributed by atoms with E-state index >= 15 is 0 Å².